The summed E-state index contributed by atoms with van der Waals surface area (Å²) in [6.45, 7) is 1.53. The summed E-state index contributed by atoms with van der Waals surface area (Å²) < 4.78 is 52.4. The Kier molecular flexibility index (Phi) is 11.5. The number of amides is 1. The fraction of sp³-hybridized carbons (Fsp3) is 0.281. The van der Waals surface area contributed by atoms with Crippen LogP contribution in [0.2, 0.25) is 5.02 Å². The van der Waals surface area contributed by atoms with E-state index in [0.717, 1.165) is 23.9 Å². The predicted molar refractivity (Wildman–Crippen MR) is 174 cm³/mol. The van der Waals surface area contributed by atoms with E-state index in [1.807, 2.05) is 19.0 Å². The summed E-state index contributed by atoms with van der Waals surface area (Å²) in [7, 11) is 3.80. The zero-order valence-corrected chi connectivity index (χ0v) is 26.8. The SMILES string of the molecule is CN(C)CCOc1ccc(-c2cc(C(F)(F)F)ccc2Cl)cc1C=C1SC(=S)N(CCCOc2cccc(CC(=O)O)c2)C1=O. The molecule has 0 radical (unpaired) electrons. The van der Waals surface area contributed by atoms with E-state index in [2.05, 4.69) is 0 Å². The molecule has 1 heterocycles. The van der Waals surface area contributed by atoms with Gasteiger partial charge in [0.15, 0.2) is 0 Å². The molecule has 0 unspecified atom stereocenters. The van der Waals surface area contributed by atoms with Crippen LogP contribution in [0.5, 0.6) is 11.5 Å². The first-order chi connectivity index (χ1) is 21.3. The van der Waals surface area contributed by atoms with Crippen LogP contribution in [-0.4, -0.2) is 71.5 Å². The second kappa shape index (κ2) is 15.1. The van der Waals surface area contributed by atoms with Gasteiger partial charge in [-0.1, -0.05) is 53.8 Å². The number of ether oxygens (including phenoxy) is 2. The molecular weight excluding hydrogens is 649 g/mol. The highest BCUT2D eigenvalue weighted by Crippen LogP contribution is 2.39. The molecule has 0 atom stereocenters. The highest BCUT2D eigenvalue weighted by molar-refractivity contribution is 8.26. The molecule has 1 N–H and O–H groups in total. The second-order valence-electron chi connectivity index (χ2n) is 10.4. The van der Waals surface area contributed by atoms with Crippen LogP contribution in [0.15, 0.2) is 65.6 Å². The van der Waals surface area contributed by atoms with Crippen molar-refractivity contribution in [3.05, 3.63) is 87.3 Å². The minimum absolute atomic E-state index is 0.113. The van der Waals surface area contributed by atoms with Gasteiger partial charge in [0.1, 0.15) is 22.4 Å². The minimum Gasteiger partial charge on any atom is -0.494 e. The number of benzene rings is 3. The number of halogens is 4. The van der Waals surface area contributed by atoms with Crippen LogP contribution in [0.1, 0.15) is 23.1 Å². The average Bonchev–Trinajstić information content (AvgIpc) is 3.22. The summed E-state index contributed by atoms with van der Waals surface area (Å²) >= 11 is 12.9. The highest BCUT2D eigenvalue weighted by Gasteiger charge is 2.33. The summed E-state index contributed by atoms with van der Waals surface area (Å²) in [4.78, 5) is 28.1. The fourth-order valence-electron chi connectivity index (χ4n) is 4.39. The van der Waals surface area contributed by atoms with Gasteiger partial charge in [-0.2, -0.15) is 13.2 Å². The Labute approximate surface area is 273 Å². The zero-order chi connectivity index (χ0) is 32.7. The topological polar surface area (TPSA) is 79.3 Å². The molecule has 3 aromatic rings. The normalized spacial score (nSPS) is 14.5. The van der Waals surface area contributed by atoms with E-state index in [9.17, 15) is 22.8 Å². The minimum atomic E-state index is -4.54. The number of hydrogen-bond donors (Lipinski definition) is 1. The van der Waals surface area contributed by atoms with Crippen LogP contribution in [0.4, 0.5) is 13.2 Å². The standard InChI is InChI=1S/C32H30ClF3N2O5S2/c1-37(2)12-14-43-27-10-7-21(25-19-23(32(34,35)36)8-9-26(25)33)17-22(27)18-28-30(41)38(31(44)45-28)11-4-13-42-24-6-3-5-20(15-24)16-29(39)40/h3,5-10,15,17-19H,4,11-14,16H2,1-2H3,(H,39,40). The van der Waals surface area contributed by atoms with Crippen LogP contribution in [0.25, 0.3) is 17.2 Å². The fourth-order valence-corrected chi connectivity index (χ4v) is 5.91. The van der Waals surface area contributed by atoms with Gasteiger partial charge in [0.05, 0.1) is 23.5 Å². The van der Waals surface area contributed by atoms with Crippen molar-refractivity contribution in [1.29, 1.82) is 0 Å². The molecule has 0 aromatic heterocycles. The van der Waals surface area contributed by atoms with Crippen molar-refractivity contribution < 1.29 is 37.3 Å². The third-order valence-corrected chi connectivity index (χ3v) is 8.33. The maximum absolute atomic E-state index is 13.4. The molecule has 1 fully saturated rings. The molecule has 238 valence electrons. The maximum Gasteiger partial charge on any atom is 0.416 e. The number of hydrogen-bond acceptors (Lipinski definition) is 7. The molecular formula is C32H30ClF3N2O5S2. The monoisotopic (exact) mass is 678 g/mol. The number of rotatable bonds is 13. The smallest absolute Gasteiger partial charge is 0.416 e. The maximum atomic E-state index is 13.4. The van der Waals surface area contributed by atoms with Gasteiger partial charge in [-0.25, -0.2) is 0 Å². The van der Waals surface area contributed by atoms with E-state index in [1.54, 1.807) is 48.5 Å². The molecule has 3 aromatic carbocycles. The number of carbonyl (C=O) groups excluding carboxylic acids is 1. The molecule has 0 saturated carbocycles. The lowest BCUT2D eigenvalue weighted by Crippen LogP contribution is -2.29. The number of likely N-dealkylation sites (N-methyl/N-ethyl adjacent to an activating group) is 1. The molecule has 1 amide bonds. The number of aliphatic carboxylic acids is 1. The molecule has 1 saturated heterocycles. The Balaban J connectivity index is 1.52. The van der Waals surface area contributed by atoms with Crippen molar-refractivity contribution in [3.8, 4) is 22.6 Å². The van der Waals surface area contributed by atoms with Crippen molar-refractivity contribution in [2.45, 2.75) is 19.0 Å². The Bertz CT molecular complexity index is 1610. The Morgan fingerprint density at radius 1 is 1.09 bits per heavy atom. The van der Waals surface area contributed by atoms with E-state index >= 15 is 0 Å². The molecule has 0 spiro atoms. The molecule has 1 aliphatic rings. The van der Waals surface area contributed by atoms with Gasteiger partial charge < -0.3 is 19.5 Å². The van der Waals surface area contributed by atoms with Crippen molar-refractivity contribution in [2.24, 2.45) is 0 Å². The molecule has 13 heteroatoms. The van der Waals surface area contributed by atoms with Gasteiger partial charge in [0.25, 0.3) is 5.91 Å². The first-order valence-corrected chi connectivity index (χ1v) is 15.4. The lowest BCUT2D eigenvalue weighted by Gasteiger charge is -2.16. The number of carbonyl (C=O) groups is 2. The molecule has 0 aliphatic carbocycles. The Hall–Kier alpha value is -3.58. The molecule has 0 bridgehead atoms. The number of carboxylic acids is 1. The third kappa shape index (κ3) is 9.46. The summed E-state index contributed by atoms with van der Waals surface area (Å²) in [6.07, 6.45) is -2.57. The largest absolute Gasteiger partial charge is 0.494 e. The van der Waals surface area contributed by atoms with Crippen molar-refractivity contribution in [3.63, 3.8) is 0 Å². The van der Waals surface area contributed by atoms with E-state index in [1.165, 1.54) is 11.0 Å². The number of thioether (sulfide) groups is 1. The summed E-state index contributed by atoms with van der Waals surface area (Å²) in [6, 6.07) is 14.9. The lowest BCUT2D eigenvalue weighted by molar-refractivity contribution is -0.138. The Morgan fingerprint density at radius 3 is 2.58 bits per heavy atom. The van der Waals surface area contributed by atoms with Crippen molar-refractivity contribution in [2.75, 3.05) is 40.4 Å². The highest BCUT2D eigenvalue weighted by atomic mass is 35.5. The first kappa shape index (κ1) is 34.3. The number of alkyl halides is 3. The summed E-state index contributed by atoms with van der Waals surface area (Å²) in [5.41, 5.74) is 0.906. The van der Waals surface area contributed by atoms with Crippen LogP contribution in [-0.2, 0) is 22.2 Å². The van der Waals surface area contributed by atoms with Crippen LogP contribution in [0, 0.1) is 0 Å². The first-order valence-electron chi connectivity index (χ1n) is 13.8. The second-order valence-corrected chi connectivity index (χ2v) is 12.4. The van der Waals surface area contributed by atoms with Crippen LogP contribution in [0.3, 0.4) is 0 Å². The molecule has 45 heavy (non-hydrogen) atoms. The van der Waals surface area contributed by atoms with E-state index in [0.29, 0.717) is 63.5 Å². The molecule has 4 rings (SSSR count). The quantitative estimate of drug-likeness (QED) is 0.115. The zero-order valence-electron chi connectivity index (χ0n) is 24.4. The lowest BCUT2D eigenvalue weighted by atomic mass is 9.99. The van der Waals surface area contributed by atoms with Crippen molar-refractivity contribution >= 4 is 57.9 Å². The summed E-state index contributed by atoms with van der Waals surface area (Å²) in [5.74, 6) is -0.266. The number of carboxylic acid groups (broad SMARTS) is 1. The van der Waals surface area contributed by atoms with Gasteiger partial charge in [-0.05, 0) is 80.2 Å². The van der Waals surface area contributed by atoms with E-state index in [-0.39, 0.29) is 29.5 Å². The van der Waals surface area contributed by atoms with Crippen molar-refractivity contribution in [1.82, 2.24) is 9.80 Å². The van der Waals surface area contributed by atoms with Gasteiger partial charge in [0, 0.05) is 29.2 Å². The van der Waals surface area contributed by atoms with Gasteiger partial charge in [0.2, 0.25) is 0 Å². The van der Waals surface area contributed by atoms with Gasteiger partial charge in [-0.3, -0.25) is 14.5 Å². The number of nitrogens with zero attached hydrogens (tertiary/aromatic N) is 2. The molecule has 1 aliphatic heterocycles. The van der Waals surface area contributed by atoms with Crippen LogP contribution >= 0.6 is 35.6 Å². The van der Waals surface area contributed by atoms with Crippen LogP contribution < -0.4 is 9.47 Å². The predicted octanol–water partition coefficient (Wildman–Crippen LogP) is 7.26. The van der Waals surface area contributed by atoms with E-state index < -0.39 is 17.7 Å². The Morgan fingerprint density at radius 2 is 1.87 bits per heavy atom. The van der Waals surface area contributed by atoms with Gasteiger partial charge >= 0.3 is 12.1 Å². The number of thiocarbonyl (C=S) groups is 1. The average molecular weight is 679 g/mol. The third-order valence-electron chi connectivity index (χ3n) is 6.62. The molecule has 7 nitrogen and oxygen atoms in total. The summed E-state index contributed by atoms with van der Waals surface area (Å²) in [5, 5.41) is 9.15. The van der Waals surface area contributed by atoms with E-state index in [4.69, 9.17) is 38.4 Å². The van der Waals surface area contributed by atoms with Gasteiger partial charge in [-0.15, -0.1) is 0 Å².